The van der Waals surface area contributed by atoms with Crippen molar-refractivity contribution in [2.75, 3.05) is 39.2 Å². The molecule has 1 aliphatic rings. The first-order valence-corrected chi connectivity index (χ1v) is 11.5. The van der Waals surface area contributed by atoms with Gasteiger partial charge in [-0.2, -0.15) is 5.26 Å². The summed E-state index contributed by atoms with van der Waals surface area (Å²) in [5, 5.41) is 9.78. The average Bonchev–Trinajstić information content (AvgIpc) is 3.53. The summed E-state index contributed by atoms with van der Waals surface area (Å²) in [7, 11) is 4.83. The Morgan fingerprint density at radius 3 is 2.75 bits per heavy atom. The Kier molecular flexibility index (Phi) is 6.02. The number of pyridine rings is 2. The Morgan fingerprint density at radius 2 is 2.06 bits per heavy atom. The second kappa shape index (κ2) is 9.30. The number of fused-ring (bicyclic) bond motifs is 1. The fraction of sp³-hybridized carbons (Fsp3) is 0.259. The molecule has 0 spiro atoms. The molecule has 4 heterocycles. The van der Waals surface area contributed by atoms with Crippen molar-refractivity contribution >= 4 is 22.7 Å². The number of methoxy groups -OCH3 is 1. The van der Waals surface area contributed by atoms with Crippen LogP contribution in [0.5, 0.6) is 5.75 Å². The number of nitriles is 1. The summed E-state index contributed by atoms with van der Waals surface area (Å²) in [6, 6.07) is 13.0. The van der Waals surface area contributed by atoms with Gasteiger partial charge in [0.1, 0.15) is 35.0 Å². The van der Waals surface area contributed by atoms with Crippen molar-refractivity contribution in [3.05, 3.63) is 60.0 Å². The van der Waals surface area contributed by atoms with Gasteiger partial charge in [-0.15, -0.1) is 0 Å². The van der Waals surface area contributed by atoms with Gasteiger partial charge in [0, 0.05) is 57.3 Å². The normalized spacial score (nSPS) is 15.2. The Balaban J connectivity index is 1.56. The van der Waals surface area contributed by atoms with E-state index in [0.717, 1.165) is 16.8 Å². The number of rotatable bonds is 5. The zero-order valence-corrected chi connectivity index (χ0v) is 20.2. The monoisotopic (exact) mass is 485 g/mol. The molecule has 0 saturated carbocycles. The Hall–Kier alpha value is -4.45. The lowest BCUT2D eigenvalue weighted by atomic mass is 10.0. The number of carbonyl (C=O) groups excluding carboxylic acids is 1. The highest BCUT2D eigenvalue weighted by atomic mass is 19.1. The molecule has 5 rings (SSSR count). The first-order chi connectivity index (χ1) is 17.4. The first-order valence-electron chi connectivity index (χ1n) is 11.5. The van der Waals surface area contributed by atoms with Crippen molar-refractivity contribution in [2.24, 2.45) is 0 Å². The molecular formula is C27H24FN5O3. The van der Waals surface area contributed by atoms with Crippen molar-refractivity contribution < 1.29 is 18.3 Å². The number of ether oxygens (including phenoxy) is 1. The minimum absolute atomic E-state index is 0.235. The second-order valence-corrected chi connectivity index (χ2v) is 8.83. The number of benzene rings is 1. The predicted molar refractivity (Wildman–Crippen MR) is 134 cm³/mol. The minimum Gasteiger partial charge on any atom is -0.496 e. The molecule has 1 saturated heterocycles. The maximum atomic E-state index is 13.7. The maximum Gasteiger partial charge on any atom is 0.272 e. The molecule has 4 aromatic rings. The van der Waals surface area contributed by atoms with Crippen LogP contribution in [0.3, 0.4) is 0 Å². The molecule has 1 aromatic carbocycles. The lowest BCUT2D eigenvalue weighted by molar-refractivity contribution is 0.0821. The smallest absolute Gasteiger partial charge is 0.272 e. The molecule has 1 aliphatic heterocycles. The van der Waals surface area contributed by atoms with Crippen molar-refractivity contribution in [1.29, 1.82) is 5.26 Å². The molecule has 1 atom stereocenters. The number of alkyl halides is 1. The summed E-state index contributed by atoms with van der Waals surface area (Å²) in [5.74, 6) is 0.700. The first kappa shape index (κ1) is 23.3. The van der Waals surface area contributed by atoms with Gasteiger partial charge in [-0.05, 0) is 30.2 Å². The van der Waals surface area contributed by atoms with E-state index in [0.29, 0.717) is 53.2 Å². The van der Waals surface area contributed by atoms with E-state index >= 15 is 0 Å². The topological polar surface area (TPSA) is 95.5 Å². The fourth-order valence-corrected chi connectivity index (χ4v) is 4.44. The van der Waals surface area contributed by atoms with Crippen molar-refractivity contribution in [3.63, 3.8) is 0 Å². The number of furan rings is 1. The summed E-state index contributed by atoms with van der Waals surface area (Å²) < 4.78 is 25.5. The van der Waals surface area contributed by atoms with Crippen LogP contribution < -0.4 is 9.64 Å². The number of halogens is 1. The second-order valence-electron chi connectivity index (χ2n) is 8.83. The molecule has 1 fully saturated rings. The lowest BCUT2D eigenvalue weighted by Crippen LogP contribution is -2.22. The third kappa shape index (κ3) is 4.11. The van der Waals surface area contributed by atoms with Gasteiger partial charge in [-0.3, -0.25) is 14.8 Å². The molecule has 36 heavy (non-hydrogen) atoms. The maximum absolute atomic E-state index is 13.7. The molecule has 3 aromatic heterocycles. The van der Waals surface area contributed by atoms with E-state index in [-0.39, 0.29) is 11.6 Å². The van der Waals surface area contributed by atoms with E-state index in [4.69, 9.17) is 9.15 Å². The van der Waals surface area contributed by atoms with Gasteiger partial charge in [-0.25, -0.2) is 4.39 Å². The molecule has 8 nitrogen and oxygen atoms in total. The van der Waals surface area contributed by atoms with Gasteiger partial charge in [-0.1, -0.05) is 6.07 Å². The molecule has 0 N–H and O–H groups in total. The molecule has 1 unspecified atom stereocenters. The molecular weight excluding hydrogens is 461 g/mol. The fourth-order valence-electron chi connectivity index (χ4n) is 4.44. The number of aromatic nitrogens is 2. The molecule has 182 valence electrons. The summed E-state index contributed by atoms with van der Waals surface area (Å²) in [6.45, 7) is 0.884. The highest BCUT2D eigenvalue weighted by molar-refractivity contribution is 5.95. The van der Waals surface area contributed by atoms with Crippen LogP contribution in [0.2, 0.25) is 0 Å². The van der Waals surface area contributed by atoms with Crippen LogP contribution in [0.25, 0.3) is 33.6 Å². The largest absolute Gasteiger partial charge is 0.496 e. The van der Waals surface area contributed by atoms with Crippen LogP contribution in [0.15, 0.2) is 53.2 Å². The van der Waals surface area contributed by atoms with E-state index in [2.05, 4.69) is 16.0 Å². The van der Waals surface area contributed by atoms with E-state index in [1.807, 2.05) is 23.1 Å². The van der Waals surface area contributed by atoms with Crippen LogP contribution in [-0.4, -0.2) is 61.2 Å². The van der Waals surface area contributed by atoms with Gasteiger partial charge >= 0.3 is 0 Å². The third-order valence-corrected chi connectivity index (χ3v) is 6.29. The summed E-state index contributed by atoms with van der Waals surface area (Å²) in [6.07, 6.45) is 2.82. The quantitative estimate of drug-likeness (QED) is 0.405. The molecule has 0 aliphatic carbocycles. The Bertz CT molecular complexity index is 1510. The van der Waals surface area contributed by atoms with Crippen molar-refractivity contribution in [2.45, 2.75) is 12.6 Å². The van der Waals surface area contributed by atoms with Gasteiger partial charge in [0.25, 0.3) is 5.91 Å². The minimum atomic E-state index is -0.876. The van der Waals surface area contributed by atoms with Gasteiger partial charge in [0.05, 0.1) is 23.9 Å². The number of anilines is 1. The Labute approximate surface area is 207 Å². The van der Waals surface area contributed by atoms with Crippen LogP contribution in [0.1, 0.15) is 22.5 Å². The lowest BCUT2D eigenvalue weighted by Gasteiger charge is -2.19. The number of nitrogens with zero attached hydrogens (tertiary/aromatic N) is 5. The van der Waals surface area contributed by atoms with Crippen LogP contribution >= 0.6 is 0 Å². The zero-order valence-electron chi connectivity index (χ0n) is 20.2. The van der Waals surface area contributed by atoms with Gasteiger partial charge in [0.15, 0.2) is 5.58 Å². The molecule has 1 amide bonds. The van der Waals surface area contributed by atoms with E-state index in [1.54, 1.807) is 44.7 Å². The highest BCUT2D eigenvalue weighted by Gasteiger charge is 2.24. The van der Waals surface area contributed by atoms with Crippen molar-refractivity contribution in [1.82, 2.24) is 14.9 Å². The highest BCUT2D eigenvalue weighted by Crippen LogP contribution is 2.38. The molecule has 9 heteroatoms. The van der Waals surface area contributed by atoms with Gasteiger partial charge < -0.3 is 19.0 Å². The number of carbonyl (C=O) groups is 1. The standard InChI is InChI=1S/C27H24FN5O3/c1-32(2)27(34)22-12-24(35-3)20(14-31-22)25-11-21-26(36-25)19(6-8-30-21)16-4-5-23(17(10-16)13-29)33-9-7-18(28)15-33/h4-6,8,10-12,14,18H,7,9,15H2,1-3H3. The molecule has 0 radical (unpaired) electrons. The third-order valence-electron chi connectivity index (χ3n) is 6.29. The SMILES string of the molecule is COc1cc(C(=O)N(C)C)ncc1-c1cc2nccc(-c3ccc(N4CCC(F)C4)c(C#N)c3)c2o1. The summed E-state index contributed by atoms with van der Waals surface area (Å²) in [4.78, 5) is 24.4. The average molecular weight is 486 g/mol. The van der Waals surface area contributed by atoms with Crippen LogP contribution in [0, 0.1) is 11.3 Å². The van der Waals surface area contributed by atoms with Crippen molar-refractivity contribution in [3.8, 4) is 34.3 Å². The summed E-state index contributed by atoms with van der Waals surface area (Å²) in [5.41, 5.74) is 4.78. The number of hydrogen-bond acceptors (Lipinski definition) is 7. The van der Waals surface area contributed by atoms with E-state index in [1.165, 1.54) is 12.0 Å². The molecule has 0 bridgehead atoms. The van der Waals surface area contributed by atoms with Crippen LogP contribution in [0.4, 0.5) is 10.1 Å². The Morgan fingerprint density at radius 1 is 1.22 bits per heavy atom. The van der Waals surface area contributed by atoms with Crippen LogP contribution in [-0.2, 0) is 0 Å². The number of hydrogen-bond donors (Lipinski definition) is 0. The predicted octanol–water partition coefficient (Wildman–Crippen LogP) is 4.69. The zero-order chi connectivity index (χ0) is 25.4. The number of amides is 1. The van der Waals surface area contributed by atoms with E-state index in [9.17, 15) is 14.4 Å². The summed E-state index contributed by atoms with van der Waals surface area (Å²) >= 11 is 0. The van der Waals surface area contributed by atoms with E-state index < -0.39 is 6.17 Å². The van der Waals surface area contributed by atoms with Gasteiger partial charge in [0.2, 0.25) is 0 Å².